The smallest absolute Gasteiger partial charge is 0.322 e. The molecular weight excluding hydrogens is 312 g/mol. The molecule has 3 rings (SSSR count). The van der Waals surface area contributed by atoms with E-state index in [0.29, 0.717) is 6.54 Å². The van der Waals surface area contributed by atoms with E-state index in [4.69, 9.17) is 0 Å². The Bertz CT molecular complexity index is 747. The van der Waals surface area contributed by atoms with E-state index in [0.717, 1.165) is 17.7 Å². The van der Waals surface area contributed by atoms with Gasteiger partial charge in [-0.05, 0) is 40.7 Å². The van der Waals surface area contributed by atoms with Crippen LogP contribution in [-0.4, -0.2) is 29.2 Å². The minimum atomic E-state index is -0.293. The summed E-state index contributed by atoms with van der Waals surface area (Å²) >= 11 is 0. The second kappa shape index (κ2) is 6.89. The molecule has 2 N–H and O–H groups in total. The van der Waals surface area contributed by atoms with Crippen molar-refractivity contribution in [1.29, 1.82) is 0 Å². The average Bonchev–Trinajstić information content (AvgIpc) is 2.60. The number of hydrogen-bond donors (Lipinski definition) is 2. The number of aliphatic hydroxyl groups excluding tert-OH is 1. The van der Waals surface area contributed by atoms with E-state index in [1.807, 2.05) is 42.5 Å². The summed E-state index contributed by atoms with van der Waals surface area (Å²) in [5.41, 5.74) is 4.33. The molecule has 0 radical (unpaired) electrons. The van der Waals surface area contributed by atoms with Crippen molar-refractivity contribution in [1.82, 2.24) is 4.90 Å². The predicted octanol–water partition coefficient (Wildman–Crippen LogP) is 4.11. The molecule has 0 aliphatic carbocycles. The first-order valence-corrected chi connectivity index (χ1v) is 8.77. The molecular formula is C21H26N2O2. The molecule has 2 amide bonds. The predicted molar refractivity (Wildman–Crippen MR) is 101 cm³/mol. The van der Waals surface area contributed by atoms with Gasteiger partial charge < -0.3 is 15.3 Å². The first-order chi connectivity index (χ1) is 11.9. The summed E-state index contributed by atoms with van der Waals surface area (Å²) in [6.07, 6.45) is 0.809. The maximum absolute atomic E-state index is 12.7. The van der Waals surface area contributed by atoms with Gasteiger partial charge in [0.1, 0.15) is 0 Å². The molecule has 4 heteroatoms. The van der Waals surface area contributed by atoms with Gasteiger partial charge in [-0.25, -0.2) is 4.79 Å². The molecule has 2 aromatic carbocycles. The van der Waals surface area contributed by atoms with Gasteiger partial charge in [-0.3, -0.25) is 0 Å². The van der Waals surface area contributed by atoms with E-state index in [1.165, 1.54) is 11.1 Å². The van der Waals surface area contributed by atoms with Crippen LogP contribution in [0.2, 0.25) is 0 Å². The maximum Gasteiger partial charge on any atom is 0.322 e. The summed E-state index contributed by atoms with van der Waals surface area (Å²) in [5.74, 6) is 0. The molecule has 132 valence electrons. The van der Waals surface area contributed by atoms with Crippen LogP contribution in [-0.2, 0) is 11.8 Å². The van der Waals surface area contributed by atoms with Gasteiger partial charge in [0.25, 0.3) is 0 Å². The Balaban J connectivity index is 1.75. The zero-order chi connectivity index (χ0) is 18.0. The lowest BCUT2D eigenvalue weighted by Crippen LogP contribution is -2.43. The summed E-state index contributed by atoms with van der Waals surface area (Å²) in [6, 6.07) is 15.5. The number of aliphatic hydroxyl groups is 1. The van der Waals surface area contributed by atoms with E-state index in [1.54, 1.807) is 4.90 Å². The van der Waals surface area contributed by atoms with E-state index in [-0.39, 0.29) is 24.1 Å². The molecule has 0 aromatic heterocycles. The quantitative estimate of drug-likeness (QED) is 0.866. The van der Waals surface area contributed by atoms with E-state index in [9.17, 15) is 9.90 Å². The van der Waals surface area contributed by atoms with Gasteiger partial charge in [0.15, 0.2) is 0 Å². The molecule has 0 saturated heterocycles. The summed E-state index contributed by atoms with van der Waals surface area (Å²) < 4.78 is 0. The highest BCUT2D eigenvalue weighted by Gasteiger charge is 2.30. The van der Waals surface area contributed by atoms with Gasteiger partial charge in [0.2, 0.25) is 0 Å². The molecule has 0 spiro atoms. The molecule has 1 heterocycles. The topological polar surface area (TPSA) is 52.6 Å². The van der Waals surface area contributed by atoms with Gasteiger partial charge in [0, 0.05) is 12.2 Å². The Morgan fingerprint density at radius 3 is 2.48 bits per heavy atom. The van der Waals surface area contributed by atoms with Crippen LogP contribution in [0, 0.1) is 0 Å². The minimum Gasteiger partial charge on any atom is -0.394 e. The summed E-state index contributed by atoms with van der Waals surface area (Å²) in [6.45, 7) is 7.02. The fourth-order valence-corrected chi connectivity index (χ4v) is 3.34. The van der Waals surface area contributed by atoms with Crippen LogP contribution in [0.1, 0.15) is 43.5 Å². The number of carbonyl (C=O) groups excluding carboxylic acids is 1. The van der Waals surface area contributed by atoms with Crippen LogP contribution in [0.3, 0.4) is 0 Å². The largest absolute Gasteiger partial charge is 0.394 e. The van der Waals surface area contributed by atoms with Crippen molar-refractivity contribution in [3.8, 4) is 0 Å². The summed E-state index contributed by atoms with van der Waals surface area (Å²) in [7, 11) is 0. The van der Waals surface area contributed by atoms with Crippen LogP contribution in [0.15, 0.2) is 48.5 Å². The van der Waals surface area contributed by atoms with Crippen LogP contribution in [0.25, 0.3) is 0 Å². The standard InChI is InChI=1S/C21H26N2O2/c1-21(2,3)16-8-10-17(11-9-16)22-20(25)23-13-12-15-6-4-5-7-18(15)19(23)14-24/h4-11,19,24H,12-14H2,1-3H3,(H,22,25)/t19-/m1/s1. The van der Waals surface area contributed by atoms with Crippen LogP contribution >= 0.6 is 0 Å². The van der Waals surface area contributed by atoms with Crippen LogP contribution in [0.5, 0.6) is 0 Å². The third kappa shape index (κ3) is 3.69. The number of anilines is 1. The normalized spacial score (nSPS) is 17.1. The number of urea groups is 1. The Kier molecular flexibility index (Phi) is 4.82. The van der Waals surface area contributed by atoms with Crippen LogP contribution in [0.4, 0.5) is 10.5 Å². The molecule has 25 heavy (non-hydrogen) atoms. The lowest BCUT2D eigenvalue weighted by molar-refractivity contribution is 0.135. The fourth-order valence-electron chi connectivity index (χ4n) is 3.34. The van der Waals surface area contributed by atoms with E-state index in [2.05, 4.69) is 32.2 Å². The summed E-state index contributed by atoms with van der Waals surface area (Å²) in [4.78, 5) is 14.5. The monoisotopic (exact) mass is 338 g/mol. The maximum atomic E-state index is 12.7. The van der Waals surface area contributed by atoms with Crippen molar-refractivity contribution >= 4 is 11.7 Å². The van der Waals surface area contributed by atoms with Gasteiger partial charge in [0.05, 0.1) is 12.6 Å². The molecule has 2 aromatic rings. The minimum absolute atomic E-state index is 0.0760. The lowest BCUT2D eigenvalue weighted by Gasteiger charge is -2.36. The Morgan fingerprint density at radius 1 is 1.16 bits per heavy atom. The molecule has 1 aliphatic rings. The molecule has 1 atom stereocenters. The molecule has 4 nitrogen and oxygen atoms in total. The molecule has 0 saturated carbocycles. The Labute approximate surface area is 149 Å². The fraction of sp³-hybridized carbons (Fsp3) is 0.381. The zero-order valence-corrected chi connectivity index (χ0v) is 15.1. The number of rotatable bonds is 2. The Morgan fingerprint density at radius 2 is 1.84 bits per heavy atom. The second-order valence-electron chi connectivity index (χ2n) is 7.60. The third-order valence-corrected chi connectivity index (χ3v) is 4.85. The van der Waals surface area contributed by atoms with Crippen molar-refractivity contribution in [2.75, 3.05) is 18.5 Å². The van der Waals surface area contributed by atoms with Gasteiger partial charge in [-0.15, -0.1) is 0 Å². The molecule has 1 aliphatic heterocycles. The van der Waals surface area contributed by atoms with Crippen molar-refractivity contribution in [2.24, 2.45) is 0 Å². The van der Waals surface area contributed by atoms with Crippen molar-refractivity contribution in [3.63, 3.8) is 0 Å². The first-order valence-electron chi connectivity index (χ1n) is 8.77. The third-order valence-electron chi connectivity index (χ3n) is 4.85. The SMILES string of the molecule is CC(C)(C)c1ccc(NC(=O)N2CCc3ccccc3[C@H]2CO)cc1. The number of amides is 2. The second-order valence-corrected chi connectivity index (χ2v) is 7.60. The number of carbonyl (C=O) groups is 1. The number of hydrogen-bond acceptors (Lipinski definition) is 2. The number of nitrogens with one attached hydrogen (secondary N) is 1. The number of fused-ring (bicyclic) bond motifs is 1. The summed E-state index contributed by atoms with van der Waals surface area (Å²) in [5, 5.41) is 12.8. The van der Waals surface area contributed by atoms with E-state index < -0.39 is 0 Å². The van der Waals surface area contributed by atoms with Crippen molar-refractivity contribution < 1.29 is 9.90 Å². The highest BCUT2D eigenvalue weighted by atomic mass is 16.3. The van der Waals surface area contributed by atoms with Crippen molar-refractivity contribution in [3.05, 3.63) is 65.2 Å². The molecule has 0 fully saturated rings. The molecule has 0 bridgehead atoms. The van der Waals surface area contributed by atoms with Crippen LogP contribution < -0.4 is 5.32 Å². The Hall–Kier alpha value is -2.33. The lowest BCUT2D eigenvalue weighted by atomic mass is 9.87. The van der Waals surface area contributed by atoms with Crippen molar-refractivity contribution in [2.45, 2.75) is 38.6 Å². The van der Waals surface area contributed by atoms with Gasteiger partial charge >= 0.3 is 6.03 Å². The zero-order valence-electron chi connectivity index (χ0n) is 15.1. The average molecular weight is 338 g/mol. The highest BCUT2D eigenvalue weighted by Crippen LogP contribution is 2.30. The molecule has 0 unspecified atom stereocenters. The first kappa shape index (κ1) is 17.5. The van der Waals surface area contributed by atoms with E-state index >= 15 is 0 Å². The highest BCUT2D eigenvalue weighted by molar-refractivity contribution is 5.89. The van der Waals surface area contributed by atoms with Gasteiger partial charge in [-0.2, -0.15) is 0 Å². The van der Waals surface area contributed by atoms with Gasteiger partial charge in [-0.1, -0.05) is 57.2 Å². The number of nitrogens with zero attached hydrogens (tertiary/aromatic N) is 1. The number of benzene rings is 2.